The summed E-state index contributed by atoms with van der Waals surface area (Å²) in [5, 5.41) is 0. The molecule has 1 aliphatic heterocycles. The number of nitrogens with two attached hydrogens (primary N) is 1. The highest BCUT2D eigenvalue weighted by Crippen LogP contribution is 2.51. The van der Waals surface area contributed by atoms with E-state index >= 15 is 0 Å². The highest BCUT2D eigenvalue weighted by molar-refractivity contribution is 7.99. The van der Waals surface area contributed by atoms with Gasteiger partial charge in [0.05, 0.1) is 0 Å². The molecule has 0 bridgehead atoms. The molecule has 15 heavy (non-hydrogen) atoms. The second kappa shape index (κ2) is 3.26. The highest BCUT2D eigenvalue weighted by atomic mass is 32.2. The Kier molecular flexibility index (Phi) is 2.12. The van der Waals surface area contributed by atoms with Crippen molar-refractivity contribution in [2.45, 2.75) is 42.5 Å². The van der Waals surface area contributed by atoms with Crippen LogP contribution < -0.4 is 5.73 Å². The van der Waals surface area contributed by atoms with Crippen LogP contribution in [0.3, 0.4) is 0 Å². The van der Waals surface area contributed by atoms with Crippen LogP contribution in [0.5, 0.6) is 0 Å². The summed E-state index contributed by atoms with van der Waals surface area (Å²) in [7, 11) is 0. The van der Waals surface area contributed by atoms with Crippen LogP contribution in [0.2, 0.25) is 0 Å². The Hall–Kier alpha value is -0.470. The monoisotopic (exact) mass is 219 g/mol. The van der Waals surface area contributed by atoms with Crippen LogP contribution in [0.1, 0.15) is 30.9 Å². The minimum atomic E-state index is 0.296. The lowest BCUT2D eigenvalue weighted by atomic mass is 9.88. The summed E-state index contributed by atoms with van der Waals surface area (Å²) >= 11 is 1.98. The third-order valence-corrected chi connectivity index (χ3v) is 5.04. The van der Waals surface area contributed by atoms with Crippen LogP contribution in [0.4, 0.5) is 0 Å². The van der Waals surface area contributed by atoms with Crippen molar-refractivity contribution in [3.8, 4) is 0 Å². The molecule has 1 aliphatic carbocycles. The third-order valence-electron chi connectivity index (χ3n) is 3.92. The minimum absolute atomic E-state index is 0.296. The topological polar surface area (TPSA) is 26.0 Å². The van der Waals surface area contributed by atoms with E-state index in [4.69, 9.17) is 5.73 Å². The van der Waals surface area contributed by atoms with E-state index in [9.17, 15) is 0 Å². The Balaban J connectivity index is 2.00. The van der Waals surface area contributed by atoms with Gasteiger partial charge in [0.2, 0.25) is 0 Å². The van der Waals surface area contributed by atoms with Gasteiger partial charge in [0, 0.05) is 22.1 Å². The van der Waals surface area contributed by atoms with Crippen molar-refractivity contribution in [1.29, 1.82) is 0 Å². The molecule has 0 radical (unpaired) electrons. The van der Waals surface area contributed by atoms with Crippen LogP contribution in [-0.2, 0) is 11.8 Å². The van der Waals surface area contributed by atoms with E-state index in [1.54, 1.807) is 5.56 Å². The van der Waals surface area contributed by atoms with Gasteiger partial charge in [-0.25, -0.2) is 0 Å². The molecule has 2 aliphatic rings. The Morgan fingerprint density at radius 2 is 2.20 bits per heavy atom. The summed E-state index contributed by atoms with van der Waals surface area (Å²) in [5.74, 6) is 1.25. The number of hydrogen-bond donors (Lipinski definition) is 1. The van der Waals surface area contributed by atoms with Crippen LogP contribution in [0.25, 0.3) is 0 Å². The van der Waals surface area contributed by atoms with E-state index in [1.165, 1.54) is 35.5 Å². The molecule has 1 fully saturated rings. The quantitative estimate of drug-likeness (QED) is 0.827. The van der Waals surface area contributed by atoms with Crippen molar-refractivity contribution >= 4 is 11.8 Å². The molecule has 1 atom stereocenters. The molecule has 1 aromatic rings. The summed E-state index contributed by atoms with van der Waals surface area (Å²) in [6, 6.07) is 7.30. The van der Waals surface area contributed by atoms with Crippen molar-refractivity contribution < 1.29 is 0 Å². The van der Waals surface area contributed by atoms with Gasteiger partial charge in [-0.2, -0.15) is 0 Å². The van der Waals surface area contributed by atoms with Gasteiger partial charge in [0.1, 0.15) is 0 Å². The number of fused-ring (bicyclic) bond motifs is 1. The maximum absolute atomic E-state index is 6.10. The Morgan fingerprint density at radius 3 is 2.87 bits per heavy atom. The average Bonchev–Trinajstić information content (AvgIpc) is 2.91. The average molecular weight is 219 g/mol. The standard InChI is InChI=1S/C13H17NS/c1-9(14)13(5-6-13)11-2-3-12-10(8-11)4-7-15-12/h2-3,8-9H,4-7,14H2,1H3. The molecule has 2 heteroatoms. The summed E-state index contributed by atoms with van der Waals surface area (Å²) in [5.41, 5.74) is 9.46. The van der Waals surface area contributed by atoms with E-state index < -0.39 is 0 Å². The van der Waals surface area contributed by atoms with Crippen LogP contribution >= 0.6 is 11.8 Å². The zero-order valence-electron chi connectivity index (χ0n) is 9.12. The molecule has 1 heterocycles. The minimum Gasteiger partial charge on any atom is -0.327 e. The predicted molar refractivity (Wildman–Crippen MR) is 65.4 cm³/mol. The second-order valence-corrected chi connectivity index (χ2v) is 6.00. The van der Waals surface area contributed by atoms with Crippen molar-refractivity contribution in [2.75, 3.05) is 5.75 Å². The van der Waals surface area contributed by atoms with Gasteiger partial charge in [-0.3, -0.25) is 0 Å². The summed E-state index contributed by atoms with van der Waals surface area (Å²) in [6.45, 7) is 2.15. The first-order valence-electron chi connectivity index (χ1n) is 5.74. The second-order valence-electron chi connectivity index (χ2n) is 4.87. The SMILES string of the molecule is CC(N)C1(c2ccc3c(c2)CCS3)CC1. The molecule has 1 unspecified atom stereocenters. The molecule has 1 saturated carbocycles. The number of rotatable bonds is 2. The normalized spacial score (nSPS) is 23.6. The van der Waals surface area contributed by atoms with Gasteiger partial charge >= 0.3 is 0 Å². The zero-order chi connectivity index (χ0) is 10.5. The molecule has 0 saturated heterocycles. The lowest BCUT2D eigenvalue weighted by molar-refractivity contribution is 0.556. The fraction of sp³-hybridized carbons (Fsp3) is 0.538. The third kappa shape index (κ3) is 1.42. The fourth-order valence-corrected chi connectivity index (χ4v) is 3.69. The molecule has 0 spiro atoms. The zero-order valence-corrected chi connectivity index (χ0v) is 9.94. The Labute approximate surface area is 95.4 Å². The molecule has 0 aromatic heterocycles. The highest BCUT2D eigenvalue weighted by Gasteiger charge is 2.47. The first kappa shape index (κ1) is 9.73. The van der Waals surface area contributed by atoms with Crippen molar-refractivity contribution in [3.63, 3.8) is 0 Å². The van der Waals surface area contributed by atoms with Crippen LogP contribution in [0, 0.1) is 0 Å². The van der Waals surface area contributed by atoms with Gasteiger partial charge in [-0.1, -0.05) is 12.1 Å². The van der Waals surface area contributed by atoms with Gasteiger partial charge in [-0.05, 0) is 43.4 Å². The maximum atomic E-state index is 6.10. The van der Waals surface area contributed by atoms with Crippen LogP contribution in [0.15, 0.2) is 23.1 Å². The molecule has 1 aromatic carbocycles. The molecular weight excluding hydrogens is 202 g/mol. The summed E-state index contributed by atoms with van der Waals surface area (Å²) in [4.78, 5) is 1.49. The van der Waals surface area contributed by atoms with Gasteiger partial charge in [0.25, 0.3) is 0 Å². The number of aryl methyl sites for hydroxylation is 1. The van der Waals surface area contributed by atoms with Crippen molar-refractivity contribution in [1.82, 2.24) is 0 Å². The molecule has 80 valence electrons. The number of thioether (sulfide) groups is 1. The maximum Gasteiger partial charge on any atom is 0.0108 e. The van der Waals surface area contributed by atoms with Crippen molar-refractivity contribution in [2.24, 2.45) is 5.73 Å². The molecule has 2 N–H and O–H groups in total. The first-order valence-corrected chi connectivity index (χ1v) is 6.73. The van der Waals surface area contributed by atoms with Gasteiger partial charge in [-0.15, -0.1) is 11.8 Å². The van der Waals surface area contributed by atoms with E-state index in [2.05, 4.69) is 25.1 Å². The van der Waals surface area contributed by atoms with Gasteiger partial charge < -0.3 is 5.73 Å². The summed E-state index contributed by atoms with van der Waals surface area (Å²) < 4.78 is 0. The van der Waals surface area contributed by atoms with E-state index in [1.807, 2.05) is 11.8 Å². The molecule has 1 nitrogen and oxygen atoms in total. The van der Waals surface area contributed by atoms with E-state index in [0.717, 1.165) is 0 Å². The smallest absolute Gasteiger partial charge is 0.0108 e. The van der Waals surface area contributed by atoms with Crippen molar-refractivity contribution in [3.05, 3.63) is 29.3 Å². The summed E-state index contributed by atoms with van der Waals surface area (Å²) in [6.07, 6.45) is 3.79. The largest absolute Gasteiger partial charge is 0.327 e. The van der Waals surface area contributed by atoms with E-state index in [-0.39, 0.29) is 0 Å². The molecule has 0 amide bonds. The first-order chi connectivity index (χ1) is 7.22. The molecular formula is C13H17NS. The lowest BCUT2D eigenvalue weighted by Crippen LogP contribution is -2.31. The lowest BCUT2D eigenvalue weighted by Gasteiger charge is -2.20. The van der Waals surface area contributed by atoms with Crippen LogP contribution in [-0.4, -0.2) is 11.8 Å². The number of benzene rings is 1. The Bertz CT molecular complexity index is 394. The Morgan fingerprint density at radius 1 is 1.40 bits per heavy atom. The van der Waals surface area contributed by atoms with Gasteiger partial charge in [0.15, 0.2) is 0 Å². The van der Waals surface area contributed by atoms with E-state index in [0.29, 0.717) is 11.5 Å². The number of hydrogen-bond acceptors (Lipinski definition) is 2. The predicted octanol–water partition coefficient (Wildman–Crippen LogP) is 2.71. The molecule has 3 rings (SSSR count). The fourth-order valence-electron chi connectivity index (χ4n) is 2.64.